The molecule has 1 unspecified atom stereocenters. The number of carbonyl (C=O) groups is 1. The average Bonchev–Trinajstić information content (AvgIpc) is 3.18. The summed E-state index contributed by atoms with van der Waals surface area (Å²) in [6.07, 6.45) is 4.70. The SMILES string of the molecule is CN1CCC(Cc2cccc(F)c2)(C(=O)N2CCOCC(Cc3ccc4ccoc4c3)C2)CC1. The monoisotopic (exact) mass is 464 g/mol. The Hall–Kier alpha value is -2.70. The minimum absolute atomic E-state index is 0.196. The Morgan fingerprint density at radius 3 is 2.76 bits per heavy atom. The van der Waals surface area contributed by atoms with Gasteiger partial charge in [-0.2, -0.15) is 0 Å². The van der Waals surface area contributed by atoms with Gasteiger partial charge in [0.25, 0.3) is 0 Å². The van der Waals surface area contributed by atoms with E-state index in [1.165, 1.54) is 11.6 Å². The third-order valence-electron chi connectivity index (χ3n) is 7.50. The second-order valence-corrected chi connectivity index (χ2v) is 10.1. The summed E-state index contributed by atoms with van der Waals surface area (Å²) in [7, 11) is 2.10. The molecule has 3 aromatic rings. The zero-order valence-corrected chi connectivity index (χ0v) is 19.8. The first kappa shape index (κ1) is 23.1. The second kappa shape index (κ2) is 9.88. The molecule has 2 saturated heterocycles. The van der Waals surface area contributed by atoms with Gasteiger partial charge in [0, 0.05) is 24.4 Å². The lowest BCUT2D eigenvalue weighted by Crippen LogP contribution is -2.52. The lowest BCUT2D eigenvalue weighted by atomic mass is 9.72. The third-order valence-corrected chi connectivity index (χ3v) is 7.50. The van der Waals surface area contributed by atoms with Crippen LogP contribution < -0.4 is 0 Å². The van der Waals surface area contributed by atoms with Gasteiger partial charge in [-0.3, -0.25) is 4.79 Å². The van der Waals surface area contributed by atoms with Crippen LogP contribution in [0.15, 0.2) is 59.2 Å². The minimum Gasteiger partial charge on any atom is -0.464 e. The minimum atomic E-state index is -0.498. The number of likely N-dealkylation sites (tertiary alicyclic amines) is 1. The fraction of sp³-hybridized carbons (Fsp3) is 0.464. The maximum atomic E-state index is 14.1. The second-order valence-electron chi connectivity index (χ2n) is 10.1. The van der Waals surface area contributed by atoms with E-state index in [0.29, 0.717) is 32.7 Å². The summed E-state index contributed by atoms with van der Waals surface area (Å²) in [5, 5.41) is 1.10. The number of fused-ring (bicyclic) bond motifs is 1. The van der Waals surface area contributed by atoms with Crippen LogP contribution in [0.25, 0.3) is 11.0 Å². The largest absolute Gasteiger partial charge is 0.464 e. The zero-order chi connectivity index (χ0) is 23.5. The Kier molecular flexibility index (Phi) is 6.70. The first-order chi connectivity index (χ1) is 16.5. The molecule has 1 amide bonds. The highest BCUT2D eigenvalue weighted by atomic mass is 19.1. The molecule has 2 aliphatic rings. The van der Waals surface area contributed by atoms with Crippen molar-refractivity contribution in [1.82, 2.24) is 9.80 Å². The predicted molar refractivity (Wildman–Crippen MR) is 130 cm³/mol. The molecule has 3 heterocycles. The molecule has 1 aromatic heterocycles. The highest BCUT2D eigenvalue weighted by molar-refractivity contribution is 5.83. The Balaban J connectivity index is 1.35. The molecule has 34 heavy (non-hydrogen) atoms. The lowest BCUT2D eigenvalue weighted by molar-refractivity contribution is -0.145. The number of halogens is 1. The standard InChI is InChI=1S/C28H33FN2O3/c1-30-10-8-28(9-11-30,18-22-3-2-4-25(29)16-22)27(32)31-12-14-33-20-23(19-31)15-21-5-6-24-7-13-34-26(24)17-21/h2-7,13,16-17,23H,8-12,14-15,18-20H2,1H3. The van der Waals surface area contributed by atoms with Gasteiger partial charge in [0.05, 0.1) is 24.9 Å². The number of amides is 1. The van der Waals surface area contributed by atoms with E-state index >= 15 is 0 Å². The van der Waals surface area contributed by atoms with Gasteiger partial charge in [-0.05, 0) is 81.2 Å². The Labute approximate surface area is 200 Å². The summed E-state index contributed by atoms with van der Waals surface area (Å²) in [5.74, 6) is 0.169. The van der Waals surface area contributed by atoms with Gasteiger partial charge in [-0.1, -0.05) is 24.3 Å². The number of nitrogens with zero attached hydrogens (tertiary/aromatic N) is 2. The van der Waals surface area contributed by atoms with Gasteiger partial charge in [-0.15, -0.1) is 0 Å². The first-order valence-corrected chi connectivity index (χ1v) is 12.3. The zero-order valence-electron chi connectivity index (χ0n) is 19.8. The van der Waals surface area contributed by atoms with Crippen LogP contribution >= 0.6 is 0 Å². The molecule has 5 nitrogen and oxygen atoms in total. The fourth-order valence-electron chi connectivity index (χ4n) is 5.53. The van der Waals surface area contributed by atoms with E-state index in [1.54, 1.807) is 18.4 Å². The molecule has 0 N–H and O–H groups in total. The van der Waals surface area contributed by atoms with Gasteiger partial charge in [-0.25, -0.2) is 4.39 Å². The number of benzene rings is 2. The summed E-state index contributed by atoms with van der Waals surface area (Å²) in [4.78, 5) is 18.4. The van der Waals surface area contributed by atoms with E-state index in [2.05, 4.69) is 30.1 Å². The Bertz CT molecular complexity index is 1140. The van der Waals surface area contributed by atoms with Crippen molar-refractivity contribution in [2.75, 3.05) is 46.4 Å². The Morgan fingerprint density at radius 2 is 1.94 bits per heavy atom. The van der Waals surface area contributed by atoms with E-state index in [1.807, 2.05) is 17.0 Å². The van der Waals surface area contributed by atoms with Gasteiger partial charge >= 0.3 is 0 Å². The number of furan rings is 1. The van der Waals surface area contributed by atoms with Crippen molar-refractivity contribution in [3.8, 4) is 0 Å². The first-order valence-electron chi connectivity index (χ1n) is 12.3. The van der Waals surface area contributed by atoms with Crippen molar-refractivity contribution in [3.05, 3.63) is 71.7 Å². The van der Waals surface area contributed by atoms with Crippen molar-refractivity contribution in [3.63, 3.8) is 0 Å². The Morgan fingerprint density at radius 1 is 1.09 bits per heavy atom. The predicted octanol–water partition coefficient (Wildman–Crippen LogP) is 4.54. The quantitative estimate of drug-likeness (QED) is 0.556. The van der Waals surface area contributed by atoms with Crippen molar-refractivity contribution in [2.45, 2.75) is 25.7 Å². The molecule has 0 bridgehead atoms. The number of carbonyl (C=O) groups excluding carboxylic acids is 1. The van der Waals surface area contributed by atoms with Gasteiger partial charge < -0.3 is 19.0 Å². The molecule has 5 rings (SSSR count). The van der Waals surface area contributed by atoms with E-state index < -0.39 is 5.41 Å². The summed E-state index contributed by atoms with van der Waals surface area (Å²) in [5.41, 5.74) is 2.48. The van der Waals surface area contributed by atoms with Crippen molar-refractivity contribution >= 4 is 16.9 Å². The summed E-state index contributed by atoms with van der Waals surface area (Å²) < 4.78 is 25.4. The number of hydrogen-bond donors (Lipinski definition) is 0. The number of ether oxygens (including phenoxy) is 1. The van der Waals surface area contributed by atoms with Crippen molar-refractivity contribution < 1.29 is 18.3 Å². The molecule has 1 atom stereocenters. The molecule has 180 valence electrons. The molecule has 6 heteroatoms. The molecule has 2 aromatic carbocycles. The molecule has 2 aliphatic heterocycles. The molecule has 0 radical (unpaired) electrons. The van der Waals surface area contributed by atoms with Crippen LogP contribution in [0.1, 0.15) is 24.0 Å². The summed E-state index contributed by atoms with van der Waals surface area (Å²) in [6, 6.07) is 15.0. The van der Waals surface area contributed by atoms with Gasteiger partial charge in [0.1, 0.15) is 11.4 Å². The number of piperidine rings is 1. The van der Waals surface area contributed by atoms with Gasteiger partial charge in [0.2, 0.25) is 5.91 Å². The number of hydrogen-bond acceptors (Lipinski definition) is 4. The van der Waals surface area contributed by atoms with E-state index in [0.717, 1.165) is 48.9 Å². The summed E-state index contributed by atoms with van der Waals surface area (Å²) >= 11 is 0. The van der Waals surface area contributed by atoms with E-state index in [4.69, 9.17) is 9.15 Å². The maximum absolute atomic E-state index is 14.1. The van der Waals surface area contributed by atoms with Crippen LogP contribution in [0.2, 0.25) is 0 Å². The van der Waals surface area contributed by atoms with Crippen molar-refractivity contribution in [2.24, 2.45) is 11.3 Å². The fourth-order valence-corrected chi connectivity index (χ4v) is 5.53. The number of rotatable bonds is 5. The molecule has 2 fully saturated rings. The van der Waals surface area contributed by atoms with E-state index in [-0.39, 0.29) is 17.6 Å². The lowest BCUT2D eigenvalue weighted by Gasteiger charge is -2.42. The normalized spacial score (nSPS) is 21.5. The van der Waals surface area contributed by atoms with Crippen LogP contribution in [0.4, 0.5) is 4.39 Å². The third kappa shape index (κ3) is 5.03. The molecule has 0 saturated carbocycles. The molecular weight excluding hydrogens is 431 g/mol. The van der Waals surface area contributed by atoms with Crippen LogP contribution in [-0.4, -0.2) is 62.1 Å². The molecule has 0 spiro atoms. The smallest absolute Gasteiger partial charge is 0.229 e. The average molecular weight is 465 g/mol. The van der Waals surface area contributed by atoms with E-state index in [9.17, 15) is 9.18 Å². The molecule has 0 aliphatic carbocycles. The molecular formula is C28H33FN2O3. The van der Waals surface area contributed by atoms with Crippen LogP contribution in [-0.2, 0) is 22.4 Å². The van der Waals surface area contributed by atoms with Crippen LogP contribution in [0, 0.1) is 17.2 Å². The van der Waals surface area contributed by atoms with Crippen molar-refractivity contribution in [1.29, 1.82) is 0 Å². The highest BCUT2D eigenvalue weighted by Gasteiger charge is 2.43. The van der Waals surface area contributed by atoms with Gasteiger partial charge in [0.15, 0.2) is 0 Å². The maximum Gasteiger partial charge on any atom is 0.229 e. The summed E-state index contributed by atoms with van der Waals surface area (Å²) in [6.45, 7) is 4.22. The highest BCUT2D eigenvalue weighted by Crippen LogP contribution is 2.37. The van der Waals surface area contributed by atoms with Crippen LogP contribution in [0.5, 0.6) is 0 Å². The van der Waals surface area contributed by atoms with Crippen LogP contribution in [0.3, 0.4) is 0 Å². The topological polar surface area (TPSA) is 45.9 Å².